The third-order valence-corrected chi connectivity index (χ3v) is 3.85. The molecule has 0 aromatic carbocycles. The molecule has 0 atom stereocenters. The van der Waals surface area contributed by atoms with Crippen LogP contribution in [0.5, 0.6) is 0 Å². The van der Waals surface area contributed by atoms with E-state index in [4.69, 9.17) is 4.74 Å². The Morgan fingerprint density at radius 2 is 1.94 bits per heavy atom. The van der Waals surface area contributed by atoms with Gasteiger partial charge in [-0.15, -0.1) is 0 Å². The van der Waals surface area contributed by atoms with Crippen molar-refractivity contribution in [2.45, 2.75) is 31.2 Å². The predicted octanol–water partition coefficient (Wildman–Crippen LogP) is 0.306. The Morgan fingerprint density at radius 1 is 1.29 bits per heavy atom. The lowest BCUT2D eigenvalue weighted by Gasteiger charge is -2.34. The number of carboxylic acid groups (broad SMARTS) is 1. The number of rotatable bonds is 5. The van der Waals surface area contributed by atoms with Crippen molar-refractivity contribution in [2.24, 2.45) is 0 Å². The average molecular weight is 242 g/mol. The van der Waals surface area contributed by atoms with Gasteiger partial charge in [0, 0.05) is 26.3 Å². The fourth-order valence-corrected chi connectivity index (χ4v) is 2.65. The summed E-state index contributed by atoms with van der Waals surface area (Å²) in [6.45, 7) is 5.12. The number of ether oxygens (including phenoxy) is 1. The van der Waals surface area contributed by atoms with Gasteiger partial charge in [0.05, 0.1) is 0 Å². The number of hydrogen-bond donors (Lipinski definition) is 2. The van der Waals surface area contributed by atoms with Gasteiger partial charge in [-0.25, -0.2) is 0 Å². The second-order valence-electron chi connectivity index (χ2n) is 4.98. The summed E-state index contributed by atoms with van der Waals surface area (Å²) < 4.78 is 5.24. The van der Waals surface area contributed by atoms with Gasteiger partial charge in [0.25, 0.3) is 0 Å². The quantitative estimate of drug-likeness (QED) is 0.726. The van der Waals surface area contributed by atoms with Crippen molar-refractivity contribution in [3.8, 4) is 0 Å². The zero-order valence-corrected chi connectivity index (χ0v) is 10.3. The summed E-state index contributed by atoms with van der Waals surface area (Å²) in [5, 5.41) is 12.6. The Bertz CT molecular complexity index is 258. The Morgan fingerprint density at radius 3 is 2.53 bits per heavy atom. The van der Waals surface area contributed by atoms with E-state index in [0.717, 1.165) is 26.2 Å². The van der Waals surface area contributed by atoms with Crippen molar-refractivity contribution in [3.63, 3.8) is 0 Å². The molecular weight excluding hydrogens is 220 g/mol. The minimum atomic E-state index is -0.752. The average Bonchev–Trinajstić information content (AvgIpc) is 2.83. The number of likely N-dealkylation sites (tertiary alicyclic amines) is 1. The number of aliphatic carboxylic acids is 1. The van der Waals surface area contributed by atoms with E-state index in [1.807, 2.05) is 0 Å². The highest BCUT2D eigenvalue weighted by molar-refractivity contribution is 5.78. The number of carboxylic acids is 1. The first kappa shape index (κ1) is 12.8. The molecule has 0 aromatic rings. The molecule has 0 aliphatic carbocycles. The molecule has 0 unspecified atom stereocenters. The Balaban J connectivity index is 1.78. The van der Waals surface area contributed by atoms with Gasteiger partial charge < -0.3 is 20.1 Å². The van der Waals surface area contributed by atoms with Gasteiger partial charge in [0.1, 0.15) is 5.54 Å². The molecule has 2 aliphatic heterocycles. The molecule has 0 amide bonds. The number of carbonyl (C=O) groups is 1. The van der Waals surface area contributed by atoms with Crippen LogP contribution in [0.2, 0.25) is 0 Å². The van der Waals surface area contributed by atoms with Gasteiger partial charge in [-0.1, -0.05) is 0 Å². The first-order valence-corrected chi connectivity index (χ1v) is 6.51. The molecule has 0 spiro atoms. The molecule has 0 bridgehead atoms. The maximum Gasteiger partial charge on any atom is 0.324 e. The molecule has 0 aromatic heterocycles. The summed E-state index contributed by atoms with van der Waals surface area (Å²) in [6, 6.07) is 0. The highest BCUT2D eigenvalue weighted by atomic mass is 16.5. The lowest BCUT2D eigenvalue weighted by atomic mass is 9.90. The molecule has 2 heterocycles. The molecule has 5 heteroatoms. The molecule has 2 aliphatic rings. The molecule has 98 valence electrons. The number of nitrogens with one attached hydrogen (secondary N) is 1. The fourth-order valence-electron chi connectivity index (χ4n) is 2.65. The summed E-state index contributed by atoms with van der Waals surface area (Å²) in [6.07, 6.45) is 3.69. The molecule has 2 rings (SSSR count). The van der Waals surface area contributed by atoms with E-state index in [-0.39, 0.29) is 0 Å². The van der Waals surface area contributed by atoms with Crippen LogP contribution >= 0.6 is 0 Å². The normalized spacial score (nSPS) is 24.9. The Labute approximate surface area is 102 Å². The minimum absolute atomic E-state index is 0.545. The molecule has 2 saturated heterocycles. The third-order valence-electron chi connectivity index (χ3n) is 3.85. The first-order chi connectivity index (χ1) is 8.23. The fraction of sp³-hybridized carbons (Fsp3) is 0.917. The molecule has 17 heavy (non-hydrogen) atoms. The standard InChI is InChI=1S/C12H22N2O3/c15-11(16)12(3-9-17-10-4-12)13-5-8-14-6-1-2-7-14/h13H,1-10H2,(H,15,16). The van der Waals surface area contributed by atoms with Crippen molar-refractivity contribution in [3.05, 3.63) is 0 Å². The van der Waals surface area contributed by atoms with Gasteiger partial charge >= 0.3 is 5.97 Å². The SMILES string of the molecule is O=C(O)C1(NCCN2CCCC2)CCOCC1. The van der Waals surface area contributed by atoms with Crippen LogP contribution in [-0.4, -0.2) is 60.9 Å². The number of nitrogens with zero attached hydrogens (tertiary/aromatic N) is 1. The van der Waals surface area contributed by atoms with Crippen LogP contribution < -0.4 is 5.32 Å². The van der Waals surface area contributed by atoms with Crippen molar-refractivity contribution in [1.29, 1.82) is 0 Å². The van der Waals surface area contributed by atoms with E-state index in [1.54, 1.807) is 0 Å². The van der Waals surface area contributed by atoms with Crippen LogP contribution in [0, 0.1) is 0 Å². The van der Waals surface area contributed by atoms with Gasteiger partial charge in [-0.05, 0) is 38.8 Å². The highest BCUT2D eigenvalue weighted by Gasteiger charge is 2.39. The van der Waals surface area contributed by atoms with Crippen LogP contribution in [-0.2, 0) is 9.53 Å². The maximum atomic E-state index is 11.4. The molecule has 2 fully saturated rings. The van der Waals surface area contributed by atoms with Crippen molar-refractivity contribution < 1.29 is 14.6 Å². The lowest BCUT2D eigenvalue weighted by Crippen LogP contribution is -2.56. The summed E-state index contributed by atoms with van der Waals surface area (Å²) >= 11 is 0. The van der Waals surface area contributed by atoms with E-state index < -0.39 is 11.5 Å². The molecule has 0 radical (unpaired) electrons. The summed E-state index contributed by atoms with van der Waals surface area (Å²) in [5.41, 5.74) is -0.752. The molecule has 0 saturated carbocycles. The second-order valence-corrected chi connectivity index (χ2v) is 4.98. The lowest BCUT2D eigenvalue weighted by molar-refractivity contribution is -0.149. The van der Waals surface area contributed by atoms with Crippen molar-refractivity contribution >= 4 is 5.97 Å². The predicted molar refractivity (Wildman–Crippen MR) is 64.1 cm³/mol. The van der Waals surface area contributed by atoms with E-state index >= 15 is 0 Å². The highest BCUT2D eigenvalue weighted by Crippen LogP contribution is 2.20. The summed E-state index contributed by atoms with van der Waals surface area (Å²) in [5.74, 6) is -0.734. The number of hydrogen-bond acceptors (Lipinski definition) is 4. The van der Waals surface area contributed by atoms with Crippen LogP contribution in [0.1, 0.15) is 25.7 Å². The summed E-state index contributed by atoms with van der Waals surface area (Å²) in [4.78, 5) is 13.8. The van der Waals surface area contributed by atoms with E-state index in [2.05, 4.69) is 10.2 Å². The minimum Gasteiger partial charge on any atom is -0.480 e. The Kier molecular flexibility index (Phi) is 4.36. The smallest absolute Gasteiger partial charge is 0.324 e. The molecule has 2 N–H and O–H groups in total. The molecule has 5 nitrogen and oxygen atoms in total. The van der Waals surface area contributed by atoms with Crippen LogP contribution in [0.4, 0.5) is 0 Å². The topological polar surface area (TPSA) is 61.8 Å². The first-order valence-electron chi connectivity index (χ1n) is 6.51. The zero-order valence-electron chi connectivity index (χ0n) is 10.3. The largest absolute Gasteiger partial charge is 0.480 e. The van der Waals surface area contributed by atoms with Gasteiger partial charge in [0.2, 0.25) is 0 Å². The van der Waals surface area contributed by atoms with Crippen LogP contribution in [0.15, 0.2) is 0 Å². The zero-order chi connectivity index (χ0) is 12.1. The summed E-state index contributed by atoms with van der Waals surface area (Å²) in [7, 11) is 0. The van der Waals surface area contributed by atoms with Gasteiger partial charge in [0.15, 0.2) is 0 Å². The van der Waals surface area contributed by atoms with E-state index in [9.17, 15) is 9.90 Å². The monoisotopic (exact) mass is 242 g/mol. The third kappa shape index (κ3) is 3.18. The van der Waals surface area contributed by atoms with Gasteiger partial charge in [-0.2, -0.15) is 0 Å². The van der Waals surface area contributed by atoms with Crippen LogP contribution in [0.3, 0.4) is 0 Å². The maximum absolute atomic E-state index is 11.4. The second kappa shape index (κ2) is 5.80. The Hall–Kier alpha value is -0.650. The van der Waals surface area contributed by atoms with Gasteiger partial charge in [-0.3, -0.25) is 4.79 Å². The molecular formula is C12H22N2O3. The van der Waals surface area contributed by atoms with Crippen molar-refractivity contribution in [1.82, 2.24) is 10.2 Å². The van der Waals surface area contributed by atoms with E-state index in [1.165, 1.54) is 12.8 Å². The van der Waals surface area contributed by atoms with Crippen molar-refractivity contribution in [2.75, 3.05) is 39.4 Å². The van der Waals surface area contributed by atoms with Crippen LogP contribution in [0.25, 0.3) is 0 Å². The van der Waals surface area contributed by atoms with E-state index in [0.29, 0.717) is 26.1 Å².